The van der Waals surface area contributed by atoms with E-state index in [1.807, 2.05) is 19.2 Å². The smallest absolute Gasteiger partial charge is 0.425 e. The molecule has 0 bridgehead atoms. The number of ether oxygens (including phenoxy) is 1. The van der Waals surface area contributed by atoms with Gasteiger partial charge >= 0.3 is 24.0 Å². The zero-order valence-electron chi connectivity index (χ0n) is 23.5. The molecule has 1 aliphatic rings. The van der Waals surface area contributed by atoms with Gasteiger partial charge in [-0.25, -0.2) is 9.59 Å². The van der Waals surface area contributed by atoms with Crippen molar-refractivity contribution in [1.29, 1.82) is 0 Å². The van der Waals surface area contributed by atoms with Gasteiger partial charge in [0.15, 0.2) is 0 Å². The number of fused-ring (bicyclic) bond motifs is 1. The first-order valence-corrected chi connectivity index (χ1v) is 13.8. The van der Waals surface area contributed by atoms with Crippen LogP contribution in [0.25, 0.3) is 11.0 Å². The minimum atomic E-state index is -5.10. The Balaban J connectivity index is 1.54. The third-order valence-corrected chi connectivity index (χ3v) is 7.24. The van der Waals surface area contributed by atoms with Crippen LogP contribution in [0.5, 0.6) is 5.75 Å². The molecule has 232 valence electrons. The number of urea groups is 1. The summed E-state index contributed by atoms with van der Waals surface area (Å²) in [5.74, 6) is -1.15. The molecule has 7 nitrogen and oxygen atoms in total. The van der Waals surface area contributed by atoms with Crippen molar-refractivity contribution in [3.63, 3.8) is 0 Å². The van der Waals surface area contributed by atoms with Crippen LogP contribution in [0.15, 0.2) is 51.7 Å². The van der Waals surface area contributed by atoms with Crippen LogP contribution in [0.3, 0.4) is 0 Å². The van der Waals surface area contributed by atoms with Crippen molar-refractivity contribution in [3.05, 3.63) is 75.1 Å². The fourth-order valence-corrected chi connectivity index (χ4v) is 5.32. The Bertz CT molecular complexity index is 1550. The van der Waals surface area contributed by atoms with E-state index >= 15 is 0 Å². The minimum Gasteiger partial charge on any atom is -0.493 e. The Kier molecular flexibility index (Phi) is 9.12. The Morgan fingerprint density at radius 2 is 1.60 bits per heavy atom. The van der Waals surface area contributed by atoms with E-state index < -0.39 is 46.6 Å². The van der Waals surface area contributed by atoms with Crippen molar-refractivity contribution in [2.45, 2.75) is 70.3 Å². The van der Waals surface area contributed by atoms with E-state index in [1.54, 1.807) is 0 Å². The molecule has 1 N–H and O–H groups in total. The molecule has 2 aromatic carbocycles. The summed E-state index contributed by atoms with van der Waals surface area (Å²) in [4.78, 5) is 38.1. The van der Waals surface area contributed by atoms with Gasteiger partial charge < -0.3 is 14.5 Å². The second-order valence-corrected chi connectivity index (χ2v) is 10.3. The van der Waals surface area contributed by atoms with Gasteiger partial charge in [0, 0.05) is 23.6 Å². The van der Waals surface area contributed by atoms with Gasteiger partial charge in [-0.2, -0.15) is 26.3 Å². The lowest BCUT2D eigenvalue weighted by Gasteiger charge is -2.29. The highest BCUT2D eigenvalue weighted by Gasteiger charge is 2.68. The Morgan fingerprint density at radius 1 is 0.930 bits per heavy atom. The first kappa shape index (κ1) is 31.9. The summed E-state index contributed by atoms with van der Waals surface area (Å²) in [5, 5.41) is 1.60. The lowest BCUT2D eigenvalue weighted by Crippen LogP contribution is -2.55. The normalized spacial score (nSPS) is 17.5. The van der Waals surface area contributed by atoms with Crippen molar-refractivity contribution in [2.24, 2.45) is 0 Å². The summed E-state index contributed by atoms with van der Waals surface area (Å²) < 4.78 is 95.1. The molecule has 3 amide bonds. The summed E-state index contributed by atoms with van der Waals surface area (Å²) in [5.41, 5.74) is -5.25. The maximum atomic E-state index is 14.2. The highest BCUT2D eigenvalue weighted by molar-refractivity contribution is 6.08. The number of benzene rings is 2. The molecule has 0 radical (unpaired) electrons. The van der Waals surface area contributed by atoms with Crippen molar-refractivity contribution in [2.75, 3.05) is 13.2 Å². The lowest BCUT2D eigenvalue weighted by molar-refractivity contribution is -0.198. The number of rotatable bonds is 11. The van der Waals surface area contributed by atoms with Crippen LogP contribution in [0.2, 0.25) is 0 Å². The van der Waals surface area contributed by atoms with E-state index in [0.29, 0.717) is 41.4 Å². The molecule has 0 spiro atoms. The van der Waals surface area contributed by atoms with E-state index in [1.165, 1.54) is 24.3 Å². The zero-order valence-corrected chi connectivity index (χ0v) is 23.5. The van der Waals surface area contributed by atoms with E-state index in [-0.39, 0.29) is 49.1 Å². The molecule has 13 heteroatoms. The SMILES string of the molecule is CCCc1cc2c(C(F)(F)F)cc(=O)oc2c(CCC)c1OCCCCN1C(=O)NC(c2ccccc2)(C(F)(F)F)C1=O. The van der Waals surface area contributed by atoms with Gasteiger partial charge in [-0.15, -0.1) is 0 Å². The van der Waals surface area contributed by atoms with Crippen LogP contribution >= 0.6 is 0 Å². The number of amides is 3. The fourth-order valence-electron chi connectivity index (χ4n) is 5.32. The van der Waals surface area contributed by atoms with Gasteiger partial charge in [0.1, 0.15) is 11.3 Å². The van der Waals surface area contributed by atoms with Gasteiger partial charge in [-0.3, -0.25) is 9.69 Å². The average molecular weight is 613 g/mol. The number of hydrogen-bond acceptors (Lipinski definition) is 5. The molecule has 3 aromatic rings. The molecule has 0 aliphatic carbocycles. The molecular formula is C30H30F6N2O5. The van der Waals surface area contributed by atoms with Crippen LogP contribution in [-0.4, -0.2) is 36.2 Å². The second kappa shape index (κ2) is 12.3. The number of aryl methyl sites for hydroxylation is 2. The first-order chi connectivity index (χ1) is 20.3. The van der Waals surface area contributed by atoms with E-state index in [0.717, 1.165) is 12.1 Å². The van der Waals surface area contributed by atoms with Gasteiger partial charge in [0.25, 0.3) is 5.91 Å². The van der Waals surface area contributed by atoms with Gasteiger partial charge in [-0.05, 0) is 42.9 Å². The van der Waals surface area contributed by atoms with Crippen LogP contribution in [0.1, 0.15) is 61.8 Å². The van der Waals surface area contributed by atoms with Gasteiger partial charge in [-0.1, -0.05) is 57.0 Å². The van der Waals surface area contributed by atoms with Crippen LogP contribution in [-0.2, 0) is 29.4 Å². The average Bonchev–Trinajstić information content (AvgIpc) is 3.20. The maximum Gasteiger partial charge on any atom is 0.425 e. The molecule has 1 unspecified atom stereocenters. The highest BCUT2D eigenvalue weighted by atomic mass is 19.4. The molecule has 1 aliphatic heterocycles. The highest BCUT2D eigenvalue weighted by Crippen LogP contribution is 2.44. The number of carbonyl (C=O) groups is 2. The summed E-state index contributed by atoms with van der Waals surface area (Å²) in [6.45, 7) is 3.32. The number of imide groups is 1. The summed E-state index contributed by atoms with van der Waals surface area (Å²) in [6, 6.07) is 6.97. The number of nitrogens with one attached hydrogen (secondary N) is 1. The predicted octanol–water partition coefficient (Wildman–Crippen LogP) is 6.89. The molecule has 4 rings (SSSR count). The molecule has 1 atom stereocenters. The van der Waals surface area contributed by atoms with E-state index in [2.05, 4.69) is 0 Å². The van der Waals surface area contributed by atoms with Gasteiger partial charge in [0.2, 0.25) is 5.54 Å². The number of hydrogen-bond donors (Lipinski definition) is 1. The molecule has 1 saturated heterocycles. The first-order valence-electron chi connectivity index (χ1n) is 13.8. The topological polar surface area (TPSA) is 88.8 Å². The third-order valence-electron chi connectivity index (χ3n) is 7.24. The van der Waals surface area contributed by atoms with Crippen molar-refractivity contribution in [3.8, 4) is 5.75 Å². The number of nitrogens with zero attached hydrogens (tertiary/aromatic N) is 1. The fraction of sp³-hybridized carbons (Fsp3) is 0.433. The Morgan fingerprint density at radius 3 is 2.21 bits per heavy atom. The zero-order chi connectivity index (χ0) is 31.6. The largest absolute Gasteiger partial charge is 0.493 e. The van der Waals surface area contributed by atoms with Crippen molar-refractivity contribution in [1.82, 2.24) is 10.2 Å². The van der Waals surface area contributed by atoms with Crippen molar-refractivity contribution >= 4 is 22.9 Å². The third kappa shape index (κ3) is 6.07. The van der Waals surface area contributed by atoms with Crippen LogP contribution < -0.4 is 15.7 Å². The Labute approximate surface area is 242 Å². The number of halogens is 6. The summed E-state index contributed by atoms with van der Waals surface area (Å²) >= 11 is 0. The second-order valence-electron chi connectivity index (χ2n) is 10.3. The van der Waals surface area contributed by atoms with E-state index in [4.69, 9.17) is 9.15 Å². The summed E-state index contributed by atoms with van der Waals surface area (Å²) in [6.07, 6.45) is -7.86. The van der Waals surface area contributed by atoms with Crippen LogP contribution in [0.4, 0.5) is 31.1 Å². The number of carbonyl (C=O) groups excluding carboxylic acids is 2. The van der Waals surface area contributed by atoms with Gasteiger partial charge in [0.05, 0.1) is 12.2 Å². The maximum absolute atomic E-state index is 14.2. The monoisotopic (exact) mass is 612 g/mol. The molecule has 2 heterocycles. The molecule has 43 heavy (non-hydrogen) atoms. The predicted molar refractivity (Wildman–Crippen MR) is 145 cm³/mol. The molecule has 1 fully saturated rings. The standard InChI is InChI=1S/C30H30F6N2O5/c1-3-10-18-16-21-22(29(31,32)33)17-23(39)43-25(21)20(11-4-2)24(18)42-15-9-8-14-38-26(40)28(30(34,35)36,37-27(38)41)19-12-6-5-7-13-19/h5-7,12-13,16-17H,3-4,8-11,14-15H2,1-2H3,(H,37,41). The van der Waals surface area contributed by atoms with Crippen LogP contribution in [0, 0.1) is 0 Å². The Hall–Kier alpha value is -4.03. The quantitative estimate of drug-likeness (QED) is 0.110. The lowest BCUT2D eigenvalue weighted by atomic mass is 9.89. The van der Waals surface area contributed by atoms with E-state index in [9.17, 15) is 40.7 Å². The minimum absolute atomic E-state index is 0.0190. The summed E-state index contributed by atoms with van der Waals surface area (Å²) in [7, 11) is 0. The number of unbranched alkanes of at least 4 members (excludes halogenated alkanes) is 1. The van der Waals surface area contributed by atoms with Crippen molar-refractivity contribution < 1.29 is 45.1 Å². The molecule has 1 aromatic heterocycles. The molecule has 0 saturated carbocycles. The molecular weight excluding hydrogens is 582 g/mol. The number of alkyl halides is 6.